The van der Waals surface area contributed by atoms with Gasteiger partial charge in [-0.25, -0.2) is 0 Å². The number of benzene rings is 1. The van der Waals surface area contributed by atoms with Gasteiger partial charge in [0, 0.05) is 26.1 Å². The van der Waals surface area contributed by atoms with Crippen LogP contribution in [-0.4, -0.2) is 35.7 Å². The first-order valence-corrected chi connectivity index (χ1v) is 7.71. The van der Waals surface area contributed by atoms with E-state index in [-0.39, 0.29) is 6.42 Å². The lowest BCUT2D eigenvalue weighted by molar-refractivity contribution is -0.137. The number of aliphatic carboxylic acids is 1. The second-order valence-corrected chi connectivity index (χ2v) is 5.81. The van der Waals surface area contributed by atoms with Crippen LogP contribution in [0.1, 0.15) is 43.2 Å². The molecule has 1 atom stereocenters. The van der Waals surface area contributed by atoms with E-state index in [9.17, 15) is 4.79 Å². The van der Waals surface area contributed by atoms with Gasteiger partial charge in [0.15, 0.2) is 0 Å². The monoisotopic (exact) mass is 291 g/mol. The van der Waals surface area contributed by atoms with Crippen LogP contribution in [0.2, 0.25) is 0 Å². The number of hydrogen-bond donors (Lipinski definition) is 1. The number of carbonyl (C=O) groups is 1. The van der Waals surface area contributed by atoms with Gasteiger partial charge in [-0.3, -0.25) is 9.69 Å². The molecule has 4 nitrogen and oxygen atoms in total. The van der Waals surface area contributed by atoms with Crippen molar-refractivity contribution in [2.75, 3.05) is 13.7 Å². The van der Waals surface area contributed by atoms with Crippen LogP contribution in [0.25, 0.3) is 0 Å². The van der Waals surface area contributed by atoms with Gasteiger partial charge in [0.05, 0.1) is 6.61 Å². The van der Waals surface area contributed by atoms with E-state index < -0.39 is 5.97 Å². The van der Waals surface area contributed by atoms with Crippen LogP contribution in [0.3, 0.4) is 0 Å². The van der Waals surface area contributed by atoms with Gasteiger partial charge in [-0.15, -0.1) is 0 Å². The minimum atomic E-state index is -0.692. The summed E-state index contributed by atoms with van der Waals surface area (Å²) in [6, 6.07) is 8.88. The maximum absolute atomic E-state index is 10.8. The summed E-state index contributed by atoms with van der Waals surface area (Å²) in [5.74, 6) is -0.692. The SMILES string of the molecule is COCc1cccc(CN2CCCCC2CCC(=O)O)c1. The summed E-state index contributed by atoms with van der Waals surface area (Å²) in [5, 5.41) is 8.88. The lowest BCUT2D eigenvalue weighted by Crippen LogP contribution is -2.39. The molecule has 1 aliphatic rings. The number of nitrogens with zero attached hydrogens (tertiary/aromatic N) is 1. The van der Waals surface area contributed by atoms with Gasteiger partial charge in [-0.2, -0.15) is 0 Å². The third kappa shape index (κ3) is 5.14. The minimum absolute atomic E-state index is 0.269. The van der Waals surface area contributed by atoms with E-state index in [2.05, 4.69) is 29.2 Å². The zero-order chi connectivity index (χ0) is 15.1. The number of carboxylic acids is 1. The Labute approximate surface area is 126 Å². The van der Waals surface area contributed by atoms with Crippen molar-refractivity contribution in [2.45, 2.75) is 51.3 Å². The fourth-order valence-electron chi connectivity index (χ4n) is 3.10. The summed E-state index contributed by atoms with van der Waals surface area (Å²) >= 11 is 0. The molecule has 0 radical (unpaired) electrons. The van der Waals surface area contributed by atoms with Gasteiger partial charge in [0.25, 0.3) is 0 Å². The number of carboxylic acid groups (broad SMARTS) is 1. The fraction of sp³-hybridized carbons (Fsp3) is 0.588. The van der Waals surface area contributed by atoms with Crippen LogP contribution in [0.15, 0.2) is 24.3 Å². The molecule has 0 amide bonds. The number of hydrogen-bond acceptors (Lipinski definition) is 3. The number of likely N-dealkylation sites (tertiary alicyclic amines) is 1. The fourth-order valence-corrected chi connectivity index (χ4v) is 3.10. The van der Waals surface area contributed by atoms with Gasteiger partial charge in [-0.1, -0.05) is 30.7 Å². The lowest BCUT2D eigenvalue weighted by atomic mass is 9.97. The first-order valence-electron chi connectivity index (χ1n) is 7.71. The van der Waals surface area contributed by atoms with Gasteiger partial charge in [0.2, 0.25) is 0 Å². The van der Waals surface area contributed by atoms with Crippen molar-refractivity contribution in [1.29, 1.82) is 0 Å². The second kappa shape index (κ2) is 8.15. The Hall–Kier alpha value is -1.39. The highest BCUT2D eigenvalue weighted by molar-refractivity contribution is 5.66. The molecule has 0 aliphatic carbocycles. The third-order valence-electron chi connectivity index (χ3n) is 4.13. The number of rotatable bonds is 7. The Kier molecular flexibility index (Phi) is 6.21. The van der Waals surface area contributed by atoms with Gasteiger partial charge >= 0.3 is 5.97 Å². The lowest BCUT2D eigenvalue weighted by Gasteiger charge is -2.35. The summed E-state index contributed by atoms with van der Waals surface area (Å²) in [6.07, 6.45) is 4.56. The Balaban J connectivity index is 1.97. The predicted octanol–water partition coefficient (Wildman–Crippen LogP) is 3.05. The highest BCUT2D eigenvalue weighted by Crippen LogP contribution is 2.23. The number of methoxy groups -OCH3 is 1. The quantitative estimate of drug-likeness (QED) is 0.839. The Morgan fingerprint density at radius 3 is 2.95 bits per heavy atom. The number of piperidine rings is 1. The van der Waals surface area contributed by atoms with Crippen molar-refractivity contribution in [1.82, 2.24) is 4.90 Å². The molecule has 1 aliphatic heterocycles. The molecule has 4 heteroatoms. The van der Waals surface area contributed by atoms with Crippen LogP contribution < -0.4 is 0 Å². The smallest absolute Gasteiger partial charge is 0.303 e. The van der Waals surface area contributed by atoms with Crippen LogP contribution >= 0.6 is 0 Å². The highest BCUT2D eigenvalue weighted by atomic mass is 16.5. The van der Waals surface area contributed by atoms with Crippen molar-refractivity contribution in [2.24, 2.45) is 0 Å². The molecule has 1 saturated heterocycles. The zero-order valence-electron chi connectivity index (χ0n) is 12.8. The molecule has 21 heavy (non-hydrogen) atoms. The number of ether oxygens (including phenoxy) is 1. The summed E-state index contributed by atoms with van der Waals surface area (Å²) in [4.78, 5) is 13.2. The van der Waals surface area contributed by atoms with Crippen molar-refractivity contribution in [3.05, 3.63) is 35.4 Å². The van der Waals surface area contributed by atoms with E-state index in [0.717, 1.165) is 25.9 Å². The van der Waals surface area contributed by atoms with Crippen LogP contribution in [0.4, 0.5) is 0 Å². The highest BCUT2D eigenvalue weighted by Gasteiger charge is 2.22. The summed E-state index contributed by atoms with van der Waals surface area (Å²) in [5.41, 5.74) is 2.47. The molecular formula is C17H25NO3. The van der Waals surface area contributed by atoms with E-state index in [0.29, 0.717) is 12.6 Å². The van der Waals surface area contributed by atoms with Gasteiger partial charge in [-0.05, 0) is 36.9 Å². The maximum Gasteiger partial charge on any atom is 0.303 e. The molecule has 1 unspecified atom stereocenters. The molecule has 1 N–H and O–H groups in total. The van der Waals surface area contributed by atoms with Gasteiger partial charge < -0.3 is 9.84 Å². The first kappa shape index (κ1) is 16.0. The van der Waals surface area contributed by atoms with E-state index in [4.69, 9.17) is 9.84 Å². The molecule has 116 valence electrons. The molecule has 0 saturated carbocycles. The van der Waals surface area contributed by atoms with E-state index in [1.807, 2.05) is 0 Å². The van der Waals surface area contributed by atoms with E-state index >= 15 is 0 Å². The van der Waals surface area contributed by atoms with Crippen molar-refractivity contribution in [3.8, 4) is 0 Å². The van der Waals surface area contributed by atoms with Gasteiger partial charge in [0.1, 0.15) is 0 Å². The normalized spacial score (nSPS) is 19.6. The van der Waals surface area contributed by atoms with E-state index in [1.165, 1.54) is 24.0 Å². The molecule has 0 bridgehead atoms. The molecule has 1 fully saturated rings. The van der Waals surface area contributed by atoms with Crippen LogP contribution in [0.5, 0.6) is 0 Å². The standard InChI is InChI=1S/C17H25NO3/c1-21-13-15-6-4-5-14(11-15)12-18-10-3-2-7-16(18)8-9-17(19)20/h4-6,11,16H,2-3,7-10,12-13H2,1H3,(H,19,20). The topological polar surface area (TPSA) is 49.8 Å². The summed E-state index contributed by atoms with van der Waals surface area (Å²) in [7, 11) is 1.71. The van der Waals surface area contributed by atoms with Crippen molar-refractivity contribution in [3.63, 3.8) is 0 Å². The molecule has 2 rings (SSSR count). The minimum Gasteiger partial charge on any atom is -0.481 e. The average molecular weight is 291 g/mol. The second-order valence-electron chi connectivity index (χ2n) is 5.81. The molecule has 0 aromatic heterocycles. The van der Waals surface area contributed by atoms with Crippen molar-refractivity contribution < 1.29 is 14.6 Å². The summed E-state index contributed by atoms with van der Waals surface area (Å²) in [6.45, 7) is 2.61. The maximum atomic E-state index is 10.8. The molecule has 1 aromatic rings. The molecule has 0 spiro atoms. The predicted molar refractivity (Wildman–Crippen MR) is 82.1 cm³/mol. The zero-order valence-corrected chi connectivity index (χ0v) is 12.8. The van der Waals surface area contributed by atoms with Crippen molar-refractivity contribution >= 4 is 5.97 Å². The Morgan fingerprint density at radius 1 is 1.38 bits per heavy atom. The summed E-state index contributed by atoms with van der Waals surface area (Å²) < 4.78 is 5.18. The van der Waals surface area contributed by atoms with Crippen LogP contribution in [0, 0.1) is 0 Å². The van der Waals surface area contributed by atoms with Crippen LogP contribution in [-0.2, 0) is 22.7 Å². The largest absolute Gasteiger partial charge is 0.481 e. The molecular weight excluding hydrogens is 266 g/mol. The van der Waals surface area contributed by atoms with E-state index in [1.54, 1.807) is 7.11 Å². The average Bonchev–Trinajstić information content (AvgIpc) is 2.47. The Bertz CT molecular complexity index is 461. The molecule has 1 heterocycles. The first-order chi connectivity index (χ1) is 10.2. The Morgan fingerprint density at radius 2 is 2.19 bits per heavy atom. The molecule has 1 aromatic carbocycles. The third-order valence-corrected chi connectivity index (χ3v) is 4.13.